The van der Waals surface area contributed by atoms with Gasteiger partial charge in [0.05, 0.1) is 18.8 Å². The molecule has 1 spiro atoms. The summed E-state index contributed by atoms with van der Waals surface area (Å²) in [7, 11) is 0. The number of likely N-dealkylation sites (tertiary alicyclic amines) is 1. The van der Waals surface area contributed by atoms with Crippen LogP contribution in [0.1, 0.15) is 24.0 Å². The number of ether oxygens (including phenoxy) is 2. The third-order valence-electron chi connectivity index (χ3n) is 5.29. The molecule has 0 saturated carbocycles. The first-order valence-corrected chi connectivity index (χ1v) is 9.28. The summed E-state index contributed by atoms with van der Waals surface area (Å²) in [5.41, 5.74) is 2.24. The van der Waals surface area contributed by atoms with Gasteiger partial charge in [0.1, 0.15) is 5.82 Å². The van der Waals surface area contributed by atoms with Crippen molar-refractivity contribution < 1.29 is 13.9 Å². The Morgan fingerprint density at radius 3 is 2.85 bits per heavy atom. The lowest BCUT2D eigenvalue weighted by Gasteiger charge is -2.47. The second-order valence-corrected chi connectivity index (χ2v) is 7.54. The number of pyridine rings is 1. The largest absolute Gasteiger partial charge is 0.377 e. The molecule has 0 N–H and O–H groups in total. The van der Waals surface area contributed by atoms with Crippen molar-refractivity contribution in [2.24, 2.45) is 5.92 Å². The Hall–Kier alpha value is -1.82. The maximum Gasteiger partial charge on any atom is 0.123 e. The maximum atomic E-state index is 13.1. The van der Waals surface area contributed by atoms with Crippen molar-refractivity contribution in [3.05, 3.63) is 65.7 Å². The van der Waals surface area contributed by atoms with Gasteiger partial charge in [0, 0.05) is 38.6 Å². The highest BCUT2D eigenvalue weighted by Crippen LogP contribution is 2.39. The first kappa shape index (κ1) is 17.6. The Morgan fingerprint density at radius 2 is 2.04 bits per heavy atom. The van der Waals surface area contributed by atoms with Crippen LogP contribution >= 0.6 is 0 Å². The minimum Gasteiger partial charge on any atom is -0.377 e. The zero-order chi connectivity index (χ0) is 17.8. The van der Waals surface area contributed by atoms with Crippen LogP contribution in [-0.2, 0) is 22.6 Å². The highest BCUT2D eigenvalue weighted by molar-refractivity contribution is 5.15. The summed E-state index contributed by atoms with van der Waals surface area (Å²) in [6, 6.07) is 10.7. The van der Waals surface area contributed by atoms with Crippen LogP contribution < -0.4 is 0 Å². The standard InChI is InChI=1S/C21H25FN2O2/c22-20-3-1-2-18(10-20)13-25-9-6-19-11-21(26-14-19)15-24(16-21)12-17-4-7-23-8-5-17/h1-5,7-8,10,19H,6,9,11-16H2. The van der Waals surface area contributed by atoms with Crippen molar-refractivity contribution in [1.82, 2.24) is 9.88 Å². The van der Waals surface area contributed by atoms with Crippen molar-refractivity contribution in [2.45, 2.75) is 31.6 Å². The quantitative estimate of drug-likeness (QED) is 0.712. The smallest absolute Gasteiger partial charge is 0.123 e. The van der Waals surface area contributed by atoms with Gasteiger partial charge in [0.2, 0.25) is 0 Å². The SMILES string of the molecule is Fc1cccc(COCCC2COC3(C2)CN(Cc2ccncc2)C3)c1. The minimum atomic E-state index is -0.210. The summed E-state index contributed by atoms with van der Waals surface area (Å²) >= 11 is 0. The molecule has 2 fully saturated rings. The van der Waals surface area contributed by atoms with E-state index in [0.29, 0.717) is 19.1 Å². The number of rotatable bonds is 7. The second-order valence-electron chi connectivity index (χ2n) is 7.54. The Balaban J connectivity index is 1.15. The second kappa shape index (κ2) is 7.82. The van der Waals surface area contributed by atoms with Crippen molar-refractivity contribution in [3.63, 3.8) is 0 Å². The number of hydrogen-bond donors (Lipinski definition) is 0. The third kappa shape index (κ3) is 4.29. The van der Waals surface area contributed by atoms with Gasteiger partial charge in [-0.3, -0.25) is 9.88 Å². The molecule has 0 aliphatic carbocycles. The highest BCUT2D eigenvalue weighted by Gasteiger charge is 2.49. The van der Waals surface area contributed by atoms with Crippen LogP contribution in [0.2, 0.25) is 0 Å². The monoisotopic (exact) mass is 356 g/mol. The molecule has 3 heterocycles. The lowest BCUT2D eigenvalue weighted by atomic mass is 9.86. The average molecular weight is 356 g/mol. The molecule has 4 nitrogen and oxygen atoms in total. The fraction of sp³-hybridized carbons (Fsp3) is 0.476. The van der Waals surface area contributed by atoms with Gasteiger partial charge in [-0.1, -0.05) is 12.1 Å². The number of aromatic nitrogens is 1. The van der Waals surface area contributed by atoms with Crippen LogP contribution in [0.3, 0.4) is 0 Å². The predicted molar refractivity (Wildman–Crippen MR) is 97.0 cm³/mol. The van der Waals surface area contributed by atoms with E-state index in [1.807, 2.05) is 18.5 Å². The average Bonchev–Trinajstić information content (AvgIpc) is 3.04. The molecule has 1 atom stereocenters. The number of nitrogens with zero attached hydrogens (tertiary/aromatic N) is 2. The van der Waals surface area contributed by atoms with Gasteiger partial charge in [-0.05, 0) is 54.2 Å². The molecule has 138 valence electrons. The van der Waals surface area contributed by atoms with Crippen LogP contribution in [0.5, 0.6) is 0 Å². The number of hydrogen-bond acceptors (Lipinski definition) is 4. The molecule has 2 aromatic rings. The van der Waals surface area contributed by atoms with Gasteiger partial charge in [0.15, 0.2) is 0 Å². The molecule has 4 rings (SSSR count). The molecule has 2 aliphatic rings. The summed E-state index contributed by atoms with van der Waals surface area (Å²) in [6.07, 6.45) is 5.80. The van der Waals surface area contributed by atoms with Crippen LogP contribution in [0.4, 0.5) is 4.39 Å². The van der Waals surface area contributed by atoms with E-state index in [1.54, 1.807) is 6.07 Å². The molecule has 0 radical (unpaired) electrons. The first-order valence-electron chi connectivity index (χ1n) is 9.28. The van der Waals surface area contributed by atoms with E-state index in [2.05, 4.69) is 22.0 Å². The van der Waals surface area contributed by atoms with Gasteiger partial charge in [-0.25, -0.2) is 4.39 Å². The van der Waals surface area contributed by atoms with Gasteiger partial charge in [-0.15, -0.1) is 0 Å². The molecule has 5 heteroatoms. The topological polar surface area (TPSA) is 34.6 Å². The summed E-state index contributed by atoms with van der Waals surface area (Å²) in [5, 5.41) is 0. The van der Waals surface area contributed by atoms with E-state index >= 15 is 0 Å². The molecule has 1 aromatic heterocycles. The predicted octanol–water partition coefficient (Wildman–Crippen LogP) is 3.42. The fourth-order valence-corrected chi connectivity index (χ4v) is 4.04. The summed E-state index contributed by atoms with van der Waals surface area (Å²) in [4.78, 5) is 6.49. The van der Waals surface area contributed by atoms with Crippen LogP contribution in [0.25, 0.3) is 0 Å². The molecular formula is C21H25FN2O2. The molecule has 1 aromatic carbocycles. The molecular weight excluding hydrogens is 331 g/mol. The lowest BCUT2D eigenvalue weighted by Crippen LogP contribution is -2.60. The molecule has 0 amide bonds. The Bertz CT molecular complexity index is 719. The van der Waals surface area contributed by atoms with E-state index in [9.17, 15) is 4.39 Å². The zero-order valence-electron chi connectivity index (χ0n) is 14.9. The highest BCUT2D eigenvalue weighted by atomic mass is 19.1. The van der Waals surface area contributed by atoms with E-state index in [-0.39, 0.29) is 11.4 Å². The normalized spacial score (nSPS) is 21.8. The summed E-state index contributed by atoms with van der Waals surface area (Å²) in [6.45, 7) is 4.98. The lowest BCUT2D eigenvalue weighted by molar-refractivity contribution is -0.114. The van der Waals surface area contributed by atoms with Gasteiger partial charge in [-0.2, -0.15) is 0 Å². The number of benzene rings is 1. The molecule has 2 aliphatic heterocycles. The Kier molecular flexibility index (Phi) is 5.29. The van der Waals surface area contributed by atoms with Gasteiger partial charge < -0.3 is 9.47 Å². The number of halogens is 1. The van der Waals surface area contributed by atoms with Gasteiger partial charge in [0.25, 0.3) is 0 Å². The minimum absolute atomic E-state index is 0.0558. The summed E-state index contributed by atoms with van der Waals surface area (Å²) in [5.74, 6) is 0.351. The van der Waals surface area contributed by atoms with Crippen molar-refractivity contribution >= 4 is 0 Å². The Morgan fingerprint density at radius 1 is 1.19 bits per heavy atom. The maximum absolute atomic E-state index is 13.1. The zero-order valence-corrected chi connectivity index (χ0v) is 14.9. The molecule has 1 unspecified atom stereocenters. The van der Waals surface area contributed by atoms with E-state index < -0.39 is 0 Å². The van der Waals surface area contributed by atoms with E-state index in [1.165, 1.54) is 17.7 Å². The van der Waals surface area contributed by atoms with Crippen molar-refractivity contribution in [3.8, 4) is 0 Å². The van der Waals surface area contributed by atoms with Crippen LogP contribution in [-0.4, -0.2) is 41.8 Å². The van der Waals surface area contributed by atoms with Crippen LogP contribution in [0.15, 0.2) is 48.8 Å². The van der Waals surface area contributed by atoms with E-state index in [4.69, 9.17) is 9.47 Å². The molecule has 26 heavy (non-hydrogen) atoms. The Labute approximate surface area is 153 Å². The van der Waals surface area contributed by atoms with Crippen LogP contribution in [0, 0.1) is 11.7 Å². The van der Waals surface area contributed by atoms with Crippen molar-refractivity contribution in [2.75, 3.05) is 26.3 Å². The van der Waals surface area contributed by atoms with Crippen molar-refractivity contribution in [1.29, 1.82) is 0 Å². The summed E-state index contributed by atoms with van der Waals surface area (Å²) < 4.78 is 25.0. The fourth-order valence-electron chi connectivity index (χ4n) is 4.04. The molecule has 2 saturated heterocycles. The third-order valence-corrected chi connectivity index (χ3v) is 5.29. The van der Waals surface area contributed by atoms with Gasteiger partial charge >= 0.3 is 0 Å². The molecule has 0 bridgehead atoms. The first-order chi connectivity index (χ1) is 12.7. The van der Waals surface area contributed by atoms with E-state index in [0.717, 1.165) is 44.6 Å².